The van der Waals surface area contributed by atoms with Gasteiger partial charge >= 0.3 is 6.01 Å². The van der Waals surface area contributed by atoms with E-state index in [9.17, 15) is 0 Å². The molecule has 0 amide bonds. The van der Waals surface area contributed by atoms with E-state index in [1.807, 2.05) is 11.8 Å². The van der Waals surface area contributed by atoms with Crippen LogP contribution in [-0.2, 0) is 0 Å². The van der Waals surface area contributed by atoms with Gasteiger partial charge in [-0.15, -0.1) is 0 Å². The predicted octanol–water partition coefficient (Wildman–Crippen LogP) is 1.16. The molecule has 21 heavy (non-hydrogen) atoms. The minimum Gasteiger partial charge on any atom is -0.463 e. The zero-order valence-electron chi connectivity index (χ0n) is 12.8. The van der Waals surface area contributed by atoms with Gasteiger partial charge in [0.05, 0.1) is 6.61 Å². The Morgan fingerprint density at radius 2 is 1.95 bits per heavy atom. The van der Waals surface area contributed by atoms with Crippen molar-refractivity contribution in [2.45, 2.75) is 13.3 Å². The number of rotatable bonds is 8. The minimum atomic E-state index is 0.369. The molecule has 0 atom stereocenters. The van der Waals surface area contributed by atoms with Crippen molar-refractivity contribution in [3.8, 4) is 6.01 Å². The molecule has 0 aliphatic carbocycles. The van der Waals surface area contributed by atoms with Crippen LogP contribution < -0.4 is 15.4 Å². The molecule has 0 spiro atoms. The first-order valence-corrected chi connectivity index (χ1v) is 8.58. The van der Waals surface area contributed by atoms with Gasteiger partial charge in [0.15, 0.2) is 0 Å². The Morgan fingerprint density at radius 3 is 2.67 bits per heavy atom. The van der Waals surface area contributed by atoms with Crippen LogP contribution in [0.3, 0.4) is 0 Å². The fourth-order valence-electron chi connectivity index (χ4n) is 1.96. The average molecular weight is 312 g/mol. The first-order valence-electron chi connectivity index (χ1n) is 7.42. The summed E-state index contributed by atoms with van der Waals surface area (Å²) >= 11 is 2.02. The van der Waals surface area contributed by atoms with E-state index in [2.05, 4.69) is 37.4 Å². The first kappa shape index (κ1) is 16.1. The normalized spacial score (nSPS) is 15.7. The summed E-state index contributed by atoms with van der Waals surface area (Å²) < 4.78 is 5.48. The van der Waals surface area contributed by atoms with Gasteiger partial charge in [-0.25, -0.2) is 0 Å². The number of anilines is 2. The van der Waals surface area contributed by atoms with Crippen molar-refractivity contribution in [1.82, 2.24) is 19.9 Å². The number of aromatic nitrogens is 3. The van der Waals surface area contributed by atoms with Gasteiger partial charge in [-0.3, -0.25) is 4.90 Å². The Kier molecular flexibility index (Phi) is 6.81. The Hall–Kier alpha value is -1.28. The van der Waals surface area contributed by atoms with Gasteiger partial charge in [0, 0.05) is 44.7 Å². The lowest BCUT2D eigenvalue weighted by atomic mass is 10.4. The van der Waals surface area contributed by atoms with E-state index >= 15 is 0 Å². The van der Waals surface area contributed by atoms with Gasteiger partial charge in [-0.05, 0) is 6.42 Å². The van der Waals surface area contributed by atoms with Crippen molar-refractivity contribution in [1.29, 1.82) is 0 Å². The second kappa shape index (κ2) is 8.89. The summed E-state index contributed by atoms with van der Waals surface area (Å²) in [5, 5.41) is 6.18. The summed E-state index contributed by atoms with van der Waals surface area (Å²) in [6, 6.07) is 0.369. The quantitative estimate of drug-likeness (QED) is 0.741. The van der Waals surface area contributed by atoms with Crippen LogP contribution in [0.15, 0.2) is 0 Å². The molecule has 2 rings (SSSR count). The van der Waals surface area contributed by atoms with Crippen LogP contribution in [0, 0.1) is 0 Å². The summed E-state index contributed by atoms with van der Waals surface area (Å²) in [6.45, 7) is 6.82. The van der Waals surface area contributed by atoms with Gasteiger partial charge in [-0.2, -0.15) is 26.7 Å². The molecule has 1 aliphatic heterocycles. The van der Waals surface area contributed by atoms with E-state index < -0.39 is 0 Å². The predicted molar refractivity (Wildman–Crippen MR) is 87.4 cm³/mol. The van der Waals surface area contributed by atoms with Crippen LogP contribution in [0.5, 0.6) is 6.01 Å². The fraction of sp³-hybridized carbons (Fsp3) is 0.769. The molecule has 0 unspecified atom stereocenters. The maximum atomic E-state index is 5.48. The number of thioether (sulfide) groups is 1. The highest BCUT2D eigenvalue weighted by Gasteiger charge is 2.10. The van der Waals surface area contributed by atoms with Crippen molar-refractivity contribution < 1.29 is 4.74 Å². The molecule has 1 fully saturated rings. The smallest absolute Gasteiger partial charge is 0.323 e. The number of ether oxygens (including phenoxy) is 1. The average Bonchev–Trinajstić information content (AvgIpc) is 2.53. The van der Waals surface area contributed by atoms with Crippen molar-refractivity contribution in [3.63, 3.8) is 0 Å². The second-order valence-corrected chi connectivity index (χ2v) is 5.97. The van der Waals surface area contributed by atoms with E-state index in [0.29, 0.717) is 24.5 Å². The molecule has 0 radical (unpaired) electrons. The van der Waals surface area contributed by atoms with E-state index in [4.69, 9.17) is 4.74 Å². The van der Waals surface area contributed by atoms with Gasteiger partial charge in [0.1, 0.15) is 0 Å². The van der Waals surface area contributed by atoms with Crippen molar-refractivity contribution in [2.24, 2.45) is 0 Å². The lowest BCUT2D eigenvalue weighted by molar-refractivity contribution is 0.292. The molecule has 1 aromatic rings. The van der Waals surface area contributed by atoms with E-state index in [1.165, 1.54) is 11.5 Å². The van der Waals surface area contributed by atoms with Crippen LogP contribution in [0.25, 0.3) is 0 Å². The van der Waals surface area contributed by atoms with Crippen molar-refractivity contribution in [3.05, 3.63) is 0 Å². The number of hydrogen-bond acceptors (Lipinski definition) is 8. The number of hydrogen-bond donors (Lipinski definition) is 2. The van der Waals surface area contributed by atoms with Crippen LogP contribution >= 0.6 is 11.8 Å². The molecule has 1 aromatic heterocycles. The Bertz CT molecular complexity index is 427. The second-order valence-electron chi connectivity index (χ2n) is 4.74. The maximum Gasteiger partial charge on any atom is 0.323 e. The van der Waals surface area contributed by atoms with Gasteiger partial charge in [-0.1, -0.05) is 6.92 Å². The zero-order valence-corrected chi connectivity index (χ0v) is 13.6. The lowest BCUT2D eigenvalue weighted by Crippen LogP contribution is -2.36. The Labute approximate surface area is 130 Å². The molecule has 7 nitrogen and oxygen atoms in total. The molecule has 118 valence electrons. The third-order valence-electron chi connectivity index (χ3n) is 3.09. The monoisotopic (exact) mass is 312 g/mol. The molecular formula is C13H24N6OS. The van der Waals surface area contributed by atoms with E-state index in [-0.39, 0.29) is 0 Å². The Balaban J connectivity index is 1.85. The molecule has 8 heteroatoms. The largest absolute Gasteiger partial charge is 0.463 e. The van der Waals surface area contributed by atoms with E-state index in [1.54, 1.807) is 7.05 Å². The Morgan fingerprint density at radius 1 is 1.19 bits per heavy atom. The fourth-order valence-corrected chi connectivity index (χ4v) is 2.93. The topological polar surface area (TPSA) is 75.2 Å². The highest BCUT2D eigenvalue weighted by Crippen LogP contribution is 2.11. The maximum absolute atomic E-state index is 5.48. The van der Waals surface area contributed by atoms with Gasteiger partial charge in [0.25, 0.3) is 0 Å². The summed E-state index contributed by atoms with van der Waals surface area (Å²) in [5.41, 5.74) is 0. The number of nitrogens with one attached hydrogen (secondary N) is 2. The molecule has 0 bridgehead atoms. The van der Waals surface area contributed by atoms with Crippen LogP contribution in [0.2, 0.25) is 0 Å². The molecule has 1 saturated heterocycles. The van der Waals surface area contributed by atoms with Crippen LogP contribution in [-0.4, -0.2) is 71.2 Å². The van der Waals surface area contributed by atoms with Crippen molar-refractivity contribution in [2.75, 3.05) is 62.0 Å². The third kappa shape index (κ3) is 5.55. The van der Waals surface area contributed by atoms with E-state index in [0.717, 1.165) is 32.6 Å². The number of nitrogens with zero attached hydrogens (tertiary/aromatic N) is 4. The van der Waals surface area contributed by atoms with Gasteiger partial charge in [0.2, 0.25) is 11.9 Å². The lowest BCUT2D eigenvalue weighted by Gasteiger charge is -2.25. The van der Waals surface area contributed by atoms with Crippen molar-refractivity contribution >= 4 is 23.7 Å². The molecule has 0 saturated carbocycles. The molecular weight excluding hydrogens is 288 g/mol. The first-order chi connectivity index (χ1) is 10.3. The highest BCUT2D eigenvalue weighted by atomic mass is 32.2. The minimum absolute atomic E-state index is 0.369. The SMILES string of the molecule is CCCOc1nc(NC)nc(NCCN2CCSCC2)n1. The third-order valence-corrected chi connectivity index (χ3v) is 4.03. The summed E-state index contributed by atoms with van der Waals surface area (Å²) in [7, 11) is 1.79. The van der Waals surface area contributed by atoms with Crippen LogP contribution in [0.1, 0.15) is 13.3 Å². The van der Waals surface area contributed by atoms with Crippen LogP contribution in [0.4, 0.5) is 11.9 Å². The highest BCUT2D eigenvalue weighted by molar-refractivity contribution is 7.99. The standard InChI is InChI=1S/C13H24N6OS/c1-3-8-20-13-17-11(14-2)16-12(18-13)15-4-5-19-6-9-21-10-7-19/h3-10H2,1-2H3,(H2,14,15,16,17,18). The summed E-state index contributed by atoms with van der Waals surface area (Å²) in [6.07, 6.45) is 0.927. The molecule has 0 aromatic carbocycles. The molecule has 2 heterocycles. The summed E-state index contributed by atoms with van der Waals surface area (Å²) in [4.78, 5) is 15.2. The molecule has 1 aliphatic rings. The zero-order chi connectivity index (χ0) is 14.9. The van der Waals surface area contributed by atoms with Gasteiger partial charge < -0.3 is 15.4 Å². The molecule has 2 N–H and O–H groups in total. The summed E-state index contributed by atoms with van der Waals surface area (Å²) in [5.74, 6) is 3.54.